The largest absolute Gasteiger partial charge is 0.716 e. The van der Waals surface area contributed by atoms with Crippen LogP contribution in [0, 0.1) is 0 Å². The predicted octanol–water partition coefficient (Wildman–Crippen LogP) is -0.0632. The first-order valence-electron chi connectivity index (χ1n) is 3.05. The molecule has 0 saturated carbocycles. The van der Waals surface area contributed by atoms with E-state index in [9.17, 15) is 13.0 Å². The Balaban J connectivity index is 3.03. The number of hydrogen-bond donors (Lipinski definition) is 2. The second-order valence-electron chi connectivity index (χ2n) is 2.18. The summed E-state index contributed by atoms with van der Waals surface area (Å²) in [6.45, 7) is 0. The third-order valence-electron chi connectivity index (χ3n) is 1.07. The lowest BCUT2D eigenvalue weighted by Crippen LogP contribution is -2.06. The minimum absolute atomic E-state index is 0.404. The molecule has 0 unspecified atom stereocenters. The van der Waals surface area contributed by atoms with Gasteiger partial charge in [0.15, 0.2) is 0 Å². The molecule has 1 aromatic rings. The Labute approximate surface area is 74.0 Å². The smallest absolute Gasteiger partial charge is 0.262 e. The number of rotatable bonds is 2. The Morgan fingerprint density at radius 2 is 1.62 bits per heavy atom. The van der Waals surface area contributed by atoms with Gasteiger partial charge >= 0.3 is 0 Å². The quantitative estimate of drug-likeness (QED) is 0.517. The van der Waals surface area contributed by atoms with Gasteiger partial charge in [-0.1, -0.05) is 0 Å². The predicted molar refractivity (Wildman–Crippen MR) is 40.1 cm³/mol. The lowest BCUT2D eigenvalue weighted by atomic mass is 10.3. The first-order valence-corrected chi connectivity index (χ1v) is 4.38. The van der Waals surface area contributed by atoms with Gasteiger partial charge in [-0.05, 0) is 0 Å². The van der Waals surface area contributed by atoms with Crippen LogP contribution in [-0.2, 0) is 10.4 Å². The summed E-state index contributed by atoms with van der Waals surface area (Å²) in [5.41, 5.74) is 0. The Bertz CT molecular complexity index is 389. The molecule has 0 aliphatic heterocycles. The first kappa shape index (κ1) is 9.62. The summed E-state index contributed by atoms with van der Waals surface area (Å²) < 4.78 is 34.1. The molecule has 1 rings (SSSR count). The van der Waals surface area contributed by atoms with Crippen LogP contribution < -0.4 is 4.18 Å². The lowest BCUT2D eigenvalue weighted by Gasteiger charge is -2.08. The van der Waals surface area contributed by atoms with Crippen LogP contribution in [0.2, 0.25) is 0 Å². The van der Waals surface area contributed by atoms with Gasteiger partial charge in [-0.3, -0.25) is 0 Å². The molecule has 0 radical (unpaired) electrons. The van der Waals surface area contributed by atoms with E-state index in [1.54, 1.807) is 0 Å². The van der Waals surface area contributed by atoms with Crippen molar-refractivity contribution in [3.05, 3.63) is 18.2 Å². The molecule has 1 aromatic carbocycles. The van der Waals surface area contributed by atoms with Gasteiger partial charge in [0, 0.05) is 18.2 Å². The van der Waals surface area contributed by atoms with Crippen LogP contribution in [0.25, 0.3) is 0 Å². The highest BCUT2D eigenvalue weighted by atomic mass is 32.3. The number of phenols is 2. The van der Waals surface area contributed by atoms with Crippen LogP contribution in [0.15, 0.2) is 18.2 Å². The first-order chi connectivity index (χ1) is 5.87. The van der Waals surface area contributed by atoms with Crippen LogP contribution in [0.5, 0.6) is 17.2 Å². The van der Waals surface area contributed by atoms with Crippen molar-refractivity contribution >= 4 is 10.4 Å². The average Bonchev–Trinajstić information content (AvgIpc) is 1.78. The second-order valence-corrected chi connectivity index (χ2v) is 3.16. The van der Waals surface area contributed by atoms with Gasteiger partial charge in [0.2, 0.25) is 0 Å². The summed E-state index contributed by atoms with van der Waals surface area (Å²) >= 11 is 0. The topological polar surface area (TPSA) is 107 Å². The molecule has 0 bridgehead atoms. The molecule has 0 aliphatic rings. The zero-order valence-corrected chi connectivity index (χ0v) is 6.98. The summed E-state index contributed by atoms with van der Waals surface area (Å²) in [4.78, 5) is 0. The van der Waals surface area contributed by atoms with Gasteiger partial charge in [0.1, 0.15) is 17.2 Å². The fourth-order valence-electron chi connectivity index (χ4n) is 0.734. The molecule has 6 nitrogen and oxygen atoms in total. The Kier molecular flexibility index (Phi) is 2.30. The number of phenolic OH excluding ortho intramolecular Hbond substituents is 2. The summed E-state index contributed by atoms with van der Waals surface area (Å²) in [5, 5.41) is 17.7. The molecule has 0 atom stereocenters. The minimum Gasteiger partial charge on any atom is -0.716 e. The van der Waals surface area contributed by atoms with E-state index in [4.69, 9.17) is 10.2 Å². The van der Waals surface area contributed by atoms with Gasteiger partial charge in [0.05, 0.1) is 0 Å². The van der Waals surface area contributed by atoms with E-state index in [0.717, 1.165) is 18.2 Å². The van der Waals surface area contributed by atoms with E-state index in [-0.39, 0.29) is 0 Å². The highest BCUT2D eigenvalue weighted by Crippen LogP contribution is 2.26. The monoisotopic (exact) mass is 205 g/mol. The Morgan fingerprint density at radius 1 is 1.15 bits per heavy atom. The molecule has 0 amide bonds. The van der Waals surface area contributed by atoms with Crippen molar-refractivity contribution in [1.82, 2.24) is 0 Å². The zero-order chi connectivity index (χ0) is 10.1. The maximum absolute atomic E-state index is 10.1. The molecule has 0 aliphatic carbocycles. The molecular formula is C6H5O6S-. The number of hydrogen-bond acceptors (Lipinski definition) is 6. The summed E-state index contributed by atoms with van der Waals surface area (Å²) in [7, 11) is -4.88. The van der Waals surface area contributed by atoms with E-state index in [1.165, 1.54) is 0 Å². The summed E-state index contributed by atoms with van der Waals surface area (Å²) in [6, 6.07) is 2.73. The summed E-state index contributed by atoms with van der Waals surface area (Å²) in [6.07, 6.45) is 0. The number of benzene rings is 1. The standard InChI is InChI=1S/C6H6O6S/c7-4-1-5(8)3-6(2-4)12-13(9,10)11/h1-3,7-8H,(H,9,10,11)/p-1. The van der Waals surface area contributed by atoms with Crippen LogP contribution in [-0.4, -0.2) is 23.2 Å². The van der Waals surface area contributed by atoms with Crippen molar-refractivity contribution in [2.45, 2.75) is 0 Å². The maximum atomic E-state index is 10.1. The SMILES string of the molecule is O=S(=O)([O-])Oc1cc(O)cc(O)c1. The molecule has 2 N–H and O–H groups in total. The van der Waals surface area contributed by atoms with Crippen LogP contribution in [0.3, 0.4) is 0 Å². The van der Waals surface area contributed by atoms with E-state index >= 15 is 0 Å². The van der Waals surface area contributed by atoms with Crippen molar-refractivity contribution in [2.75, 3.05) is 0 Å². The minimum atomic E-state index is -4.88. The lowest BCUT2D eigenvalue weighted by molar-refractivity contribution is 0.369. The number of aromatic hydroxyl groups is 2. The Morgan fingerprint density at radius 3 is 2.00 bits per heavy atom. The molecule has 0 heterocycles. The normalized spacial score (nSPS) is 11.2. The van der Waals surface area contributed by atoms with Gasteiger partial charge in [-0.15, -0.1) is 0 Å². The van der Waals surface area contributed by atoms with E-state index in [0.29, 0.717) is 0 Å². The van der Waals surface area contributed by atoms with Gasteiger partial charge in [0.25, 0.3) is 10.4 Å². The third-order valence-corrected chi connectivity index (χ3v) is 1.47. The zero-order valence-electron chi connectivity index (χ0n) is 6.17. The average molecular weight is 205 g/mol. The molecule has 0 aromatic heterocycles. The highest BCUT2D eigenvalue weighted by Gasteiger charge is 2.02. The molecule has 72 valence electrons. The second kappa shape index (κ2) is 3.11. The van der Waals surface area contributed by atoms with Crippen molar-refractivity contribution in [2.24, 2.45) is 0 Å². The van der Waals surface area contributed by atoms with Gasteiger partial charge in [-0.2, -0.15) is 0 Å². The third kappa shape index (κ3) is 3.18. The Hall–Kier alpha value is -1.47. The fourth-order valence-corrected chi connectivity index (χ4v) is 1.07. The fraction of sp³-hybridized carbons (Fsp3) is 0. The van der Waals surface area contributed by atoms with Crippen molar-refractivity contribution in [3.63, 3.8) is 0 Å². The van der Waals surface area contributed by atoms with Crippen LogP contribution in [0.1, 0.15) is 0 Å². The van der Waals surface area contributed by atoms with E-state index < -0.39 is 27.6 Å². The van der Waals surface area contributed by atoms with Gasteiger partial charge < -0.3 is 18.9 Å². The van der Waals surface area contributed by atoms with Crippen molar-refractivity contribution < 1.29 is 27.4 Å². The molecule has 0 saturated heterocycles. The summed E-state index contributed by atoms with van der Waals surface area (Å²) in [5.74, 6) is -1.25. The maximum Gasteiger partial charge on any atom is 0.262 e. The molecule has 13 heavy (non-hydrogen) atoms. The van der Waals surface area contributed by atoms with E-state index in [1.807, 2.05) is 0 Å². The highest BCUT2D eigenvalue weighted by molar-refractivity contribution is 7.81. The molecule has 0 fully saturated rings. The van der Waals surface area contributed by atoms with Crippen molar-refractivity contribution in [1.29, 1.82) is 0 Å². The molecule has 0 spiro atoms. The molecular weight excluding hydrogens is 200 g/mol. The van der Waals surface area contributed by atoms with Gasteiger partial charge in [-0.25, -0.2) is 8.42 Å². The van der Waals surface area contributed by atoms with Crippen LogP contribution in [0.4, 0.5) is 0 Å². The van der Waals surface area contributed by atoms with Crippen LogP contribution >= 0.6 is 0 Å². The van der Waals surface area contributed by atoms with E-state index in [2.05, 4.69) is 4.18 Å². The van der Waals surface area contributed by atoms with Crippen molar-refractivity contribution in [3.8, 4) is 17.2 Å². The molecule has 7 heteroatoms.